The fraction of sp³-hybridized carbons (Fsp3) is 1.00. The van der Waals surface area contributed by atoms with E-state index in [4.69, 9.17) is 5.73 Å². The van der Waals surface area contributed by atoms with Gasteiger partial charge in [-0.3, -0.25) is 0 Å². The third-order valence-electron chi connectivity index (χ3n) is 2.45. The zero-order chi connectivity index (χ0) is 7.12. The zero-order valence-electron chi connectivity index (χ0n) is 6.08. The van der Waals surface area contributed by atoms with Crippen molar-refractivity contribution in [1.82, 2.24) is 0 Å². The Kier molecular flexibility index (Phi) is 1.31. The lowest BCUT2D eigenvalue weighted by Gasteiger charge is -2.26. The van der Waals surface area contributed by atoms with E-state index in [0.717, 1.165) is 6.42 Å². The number of hydrogen-bond acceptors (Lipinski definition) is 1. The summed E-state index contributed by atoms with van der Waals surface area (Å²) >= 11 is 0. The van der Waals surface area contributed by atoms with Crippen LogP contribution in [-0.4, -0.2) is 11.2 Å². The first kappa shape index (κ1) is 7.00. The van der Waals surface area contributed by atoms with Crippen LogP contribution in [0.15, 0.2) is 0 Å². The van der Waals surface area contributed by atoms with Crippen LogP contribution in [-0.2, 0) is 0 Å². The molecule has 9 heavy (non-hydrogen) atoms. The number of nitrogens with two attached hydrogens (primary N) is 1. The standard InChI is InChI=1S/C7H14FN/c1-3-6(2,9)7(8)4-5-7/h3-5,9H2,1-2H3. The summed E-state index contributed by atoms with van der Waals surface area (Å²) in [5, 5.41) is 0. The molecule has 1 aliphatic rings. The smallest absolute Gasteiger partial charge is 0.128 e. The molecule has 2 heteroatoms. The maximum Gasteiger partial charge on any atom is 0.128 e. The second-order valence-corrected chi connectivity index (χ2v) is 3.24. The summed E-state index contributed by atoms with van der Waals surface area (Å²) in [5.74, 6) is 0. The van der Waals surface area contributed by atoms with Crippen molar-refractivity contribution in [3.05, 3.63) is 0 Å². The molecule has 1 aliphatic carbocycles. The molecule has 2 N–H and O–H groups in total. The van der Waals surface area contributed by atoms with Crippen LogP contribution in [0.5, 0.6) is 0 Å². The van der Waals surface area contributed by atoms with Crippen molar-refractivity contribution in [1.29, 1.82) is 0 Å². The van der Waals surface area contributed by atoms with Gasteiger partial charge in [-0.1, -0.05) is 6.92 Å². The summed E-state index contributed by atoms with van der Waals surface area (Å²) in [6.07, 6.45) is 2.05. The summed E-state index contributed by atoms with van der Waals surface area (Å²) in [7, 11) is 0. The maximum absolute atomic E-state index is 13.2. The molecule has 0 aromatic heterocycles. The van der Waals surface area contributed by atoms with Gasteiger partial charge in [0.25, 0.3) is 0 Å². The lowest BCUT2D eigenvalue weighted by Crippen LogP contribution is -2.46. The first-order valence-electron chi connectivity index (χ1n) is 3.50. The molecule has 1 fully saturated rings. The van der Waals surface area contributed by atoms with Gasteiger partial charge in [0.15, 0.2) is 0 Å². The van der Waals surface area contributed by atoms with E-state index in [1.807, 2.05) is 6.92 Å². The Labute approximate surface area is 55.4 Å². The van der Waals surface area contributed by atoms with E-state index < -0.39 is 11.2 Å². The third kappa shape index (κ3) is 0.960. The minimum Gasteiger partial charge on any atom is -0.323 e. The molecule has 0 spiro atoms. The average molecular weight is 131 g/mol. The molecule has 1 nitrogen and oxygen atoms in total. The fourth-order valence-corrected chi connectivity index (χ4v) is 0.998. The highest BCUT2D eigenvalue weighted by Gasteiger charge is 2.54. The van der Waals surface area contributed by atoms with Crippen LogP contribution < -0.4 is 5.73 Å². The Bertz CT molecular complexity index is 116. The van der Waals surface area contributed by atoms with E-state index in [1.54, 1.807) is 6.92 Å². The van der Waals surface area contributed by atoms with Gasteiger partial charge in [0.2, 0.25) is 0 Å². The lowest BCUT2D eigenvalue weighted by molar-refractivity contribution is 0.174. The number of hydrogen-bond donors (Lipinski definition) is 1. The molecular formula is C7H14FN. The van der Waals surface area contributed by atoms with E-state index in [1.165, 1.54) is 0 Å². The molecule has 0 aromatic rings. The van der Waals surface area contributed by atoms with Crippen molar-refractivity contribution in [3.63, 3.8) is 0 Å². The minimum absolute atomic E-state index is 0.576. The molecule has 0 radical (unpaired) electrons. The van der Waals surface area contributed by atoms with Crippen molar-refractivity contribution in [2.45, 2.75) is 44.3 Å². The largest absolute Gasteiger partial charge is 0.323 e. The minimum atomic E-state index is -1.03. The van der Waals surface area contributed by atoms with Gasteiger partial charge in [-0.05, 0) is 26.2 Å². The number of rotatable bonds is 2. The molecule has 0 aromatic carbocycles. The predicted octanol–water partition coefficient (Wildman–Crippen LogP) is 1.62. The Hall–Kier alpha value is -0.110. The van der Waals surface area contributed by atoms with E-state index in [-0.39, 0.29) is 0 Å². The lowest BCUT2D eigenvalue weighted by atomic mass is 9.92. The summed E-state index contributed by atoms with van der Waals surface area (Å²) in [6.45, 7) is 3.72. The summed E-state index contributed by atoms with van der Waals surface area (Å²) < 4.78 is 13.2. The van der Waals surface area contributed by atoms with E-state index in [9.17, 15) is 4.39 Å². The SMILES string of the molecule is CCC(C)(N)C1(F)CC1. The van der Waals surface area contributed by atoms with Crippen molar-refractivity contribution < 1.29 is 4.39 Å². The van der Waals surface area contributed by atoms with Crippen molar-refractivity contribution in [2.24, 2.45) is 5.73 Å². The Morgan fingerprint density at radius 2 is 2.11 bits per heavy atom. The summed E-state index contributed by atoms with van der Waals surface area (Å²) in [5.41, 5.74) is 4.08. The van der Waals surface area contributed by atoms with Gasteiger partial charge >= 0.3 is 0 Å². The first-order chi connectivity index (χ1) is 4.02. The van der Waals surface area contributed by atoms with E-state index in [0.29, 0.717) is 12.8 Å². The number of alkyl halides is 1. The van der Waals surface area contributed by atoms with Crippen LogP contribution in [0, 0.1) is 0 Å². The molecule has 1 unspecified atom stereocenters. The molecule has 1 rings (SSSR count). The fourth-order valence-electron chi connectivity index (χ4n) is 0.998. The molecule has 0 aliphatic heterocycles. The molecule has 1 atom stereocenters. The summed E-state index contributed by atoms with van der Waals surface area (Å²) in [4.78, 5) is 0. The third-order valence-corrected chi connectivity index (χ3v) is 2.45. The quantitative estimate of drug-likeness (QED) is 0.605. The van der Waals surface area contributed by atoms with Gasteiger partial charge < -0.3 is 5.73 Å². The average Bonchev–Trinajstić information content (AvgIpc) is 2.49. The van der Waals surface area contributed by atoms with E-state index in [2.05, 4.69) is 0 Å². The normalized spacial score (nSPS) is 29.3. The summed E-state index contributed by atoms with van der Waals surface area (Å²) in [6, 6.07) is 0. The highest BCUT2D eigenvalue weighted by atomic mass is 19.1. The van der Waals surface area contributed by atoms with Crippen LogP contribution in [0.2, 0.25) is 0 Å². The Morgan fingerprint density at radius 1 is 1.67 bits per heavy atom. The van der Waals surface area contributed by atoms with Gasteiger partial charge in [-0.2, -0.15) is 0 Å². The molecule has 0 heterocycles. The molecule has 0 amide bonds. The second-order valence-electron chi connectivity index (χ2n) is 3.24. The van der Waals surface area contributed by atoms with Gasteiger partial charge in [0.05, 0.1) is 0 Å². The van der Waals surface area contributed by atoms with Crippen LogP contribution >= 0.6 is 0 Å². The predicted molar refractivity (Wildman–Crippen MR) is 36.0 cm³/mol. The van der Waals surface area contributed by atoms with Gasteiger partial charge in [-0.15, -0.1) is 0 Å². The number of halogens is 1. The zero-order valence-corrected chi connectivity index (χ0v) is 6.08. The van der Waals surface area contributed by atoms with Crippen molar-refractivity contribution in [2.75, 3.05) is 0 Å². The monoisotopic (exact) mass is 131 g/mol. The Balaban J connectivity index is 2.58. The van der Waals surface area contributed by atoms with Gasteiger partial charge in [0, 0.05) is 5.54 Å². The molecule has 0 bridgehead atoms. The van der Waals surface area contributed by atoms with Crippen LogP contribution in [0.1, 0.15) is 33.1 Å². The van der Waals surface area contributed by atoms with Gasteiger partial charge in [-0.25, -0.2) is 4.39 Å². The molecule has 0 saturated heterocycles. The van der Waals surface area contributed by atoms with Crippen LogP contribution in [0.4, 0.5) is 4.39 Å². The second kappa shape index (κ2) is 1.69. The highest BCUT2D eigenvalue weighted by molar-refractivity contribution is 5.10. The van der Waals surface area contributed by atoms with Crippen LogP contribution in [0.25, 0.3) is 0 Å². The van der Waals surface area contributed by atoms with Crippen molar-refractivity contribution >= 4 is 0 Å². The highest BCUT2D eigenvalue weighted by Crippen LogP contribution is 2.48. The first-order valence-corrected chi connectivity index (χ1v) is 3.50. The maximum atomic E-state index is 13.2. The van der Waals surface area contributed by atoms with Gasteiger partial charge in [0.1, 0.15) is 5.67 Å². The molecule has 54 valence electrons. The molecule has 1 saturated carbocycles. The molecular weight excluding hydrogens is 117 g/mol. The van der Waals surface area contributed by atoms with Crippen molar-refractivity contribution in [3.8, 4) is 0 Å². The van der Waals surface area contributed by atoms with Crippen LogP contribution in [0.3, 0.4) is 0 Å². The Morgan fingerprint density at radius 3 is 2.22 bits per heavy atom. The topological polar surface area (TPSA) is 26.0 Å². The van der Waals surface area contributed by atoms with E-state index >= 15 is 0 Å².